The van der Waals surface area contributed by atoms with Gasteiger partial charge in [-0.1, -0.05) is 11.6 Å². The molecule has 1 heterocycles. The first-order chi connectivity index (χ1) is 12.5. The lowest BCUT2D eigenvalue weighted by Crippen LogP contribution is -2.47. The highest BCUT2D eigenvalue weighted by molar-refractivity contribution is 8.00. The Morgan fingerprint density at radius 3 is 2.73 bits per heavy atom. The van der Waals surface area contributed by atoms with Gasteiger partial charge in [-0.3, -0.25) is 9.59 Å². The van der Waals surface area contributed by atoms with E-state index in [0.29, 0.717) is 23.8 Å². The van der Waals surface area contributed by atoms with Crippen molar-refractivity contribution in [1.82, 2.24) is 5.32 Å². The van der Waals surface area contributed by atoms with E-state index >= 15 is 0 Å². The number of carbonyl (C=O) groups excluding carboxylic acids is 2. The van der Waals surface area contributed by atoms with Crippen molar-refractivity contribution < 1.29 is 14.0 Å². The van der Waals surface area contributed by atoms with Gasteiger partial charge in [0.05, 0.1) is 23.0 Å². The first-order valence-corrected chi connectivity index (χ1v) is 9.37. The summed E-state index contributed by atoms with van der Waals surface area (Å²) in [5.74, 6) is -0.320. The zero-order valence-corrected chi connectivity index (χ0v) is 15.4. The summed E-state index contributed by atoms with van der Waals surface area (Å²) in [6, 6.07) is 11.2. The fourth-order valence-electron chi connectivity index (χ4n) is 2.56. The Morgan fingerprint density at radius 1 is 1.27 bits per heavy atom. The number of carbonyl (C=O) groups is 2. The van der Waals surface area contributed by atoms with Crippen LogP contribution in [-0.4, -0.2) is 37.2 Å². The van der Waals surface area contributed by atoms with E-state index in [1.54, 1.807) is 30.3 Å². The minimum Gasteiger partial charge on any atom is -0.359 e. The van der Waals surface area contributed by atoms with Gasteiger partial charge in [-0.15, -0.1) is 11.8 Å². The molecule has 2 aromatic rings. The summed E-state index contributed by atoms with van der Waals surface area (Å²) in [5.41, 5.74) is 1.35. The third-order valence-corrected chi connectivity index (χ3v) is 5.11. The van der Waals surface area contributed by atoms with Crippen LogP contribution in [0.1, 0.15) is 0 Å². The van der Waals surface area contributed by atoms with Crippen LogP contribution in [0.2, 0.25) is 5.02 Å². The standard InChI is InChI=1S/C18H17ClFN3O2S/c19-15-9-13(3-6-16(15)23-8-7-21-17(24)10-23)22-18(25)11-26-14-4-1-12(20)2-5-14/h1-6,9H,7-8,10-11H2,(H,21,24)(H,22,25). The summed E-state index contributed by atoms with van der Waals surface area (Å²) in [4.78, 5) is 26.3. The molecule has 1 aliphatic heterocycles. The second-order valence-corrected chi connectivity index (χ2v) is 7.18. The molecule has 26 heavy (non-hydrogen) atoms. The average molecular weight is 394 g/mol. The maximum Gasteiger partial charge on any atom is 0.239 e. The molecule has 2 N–H and O–H groups in total. The molecule has 1 aliphatic rings. The molecule has 3 rings (SSSR count). The number of hydrogen-bond donors (Lipinski definition) is 2. The number of halogens is 2. The summed E-state index contributed by atoms with van der Waals surface area (Å²) < 4.78 is 12.9. The summed E-state index contributed by atoms with van der Waals surface area (Å²) in [7, 11) is 0. The lowest BCUT2D eigenvalue weighted by atomic mass is 10.2. The van der Waals surface area contributed by atoms with E-state index in [-0.39, 0.29) is 29.9 Å². The van der Waals surface area contributed by atoms with Gasteiger partial charge in [-0.05, 0) is 42.5 Å². The van der Waals surface area contributed by atoms with Crippen molar-refractivity contribution >= 4 is 46.6 Å². The van der Waals surface area contributed by atoms with Crippen LogP contribution in [0.15, 0.2) is 47.4 Å². The Balaban J connectivity index is 1.57. The van der Waals surface area contributed by atoms with Gasteiger partial charge in [0.25, 0.3) is 0 Å². The molecular formula is C18H17ClFN3O2S. The molecule has 0 radical (unpaired) electrons. The molecule has 5 nitrogen and oxygen atoms in total. The van der Waals surface area contributed by atoms with Crippen molar-refractivity contribution in [3.8, 4) is 0 Å². The minimum atomic E-state index is -0.306. The SMILES string of the molecule is O=C1CN(c2ccc(NC(=O)CSc3ccc(F)cc3)cc2Cl)CCN1. The lowest BCUT2D eigenvalue weighted by molar-refractivity contribution is -0.120. The van der Waals surface area contributed by atoms with Gasteiger partial charge in [-0.25, -0.2) is 4.39 Å². The highest BCUT2D eigenvalue weighted by Crippen LogP contribution is 2.29. The Bertz CT molecular complexity index is 817. The zero-order chi connectivity index (χ0) is 18.5. The van der Waals surface area contributed by atoms with Crippen molar-refractivity contribution in [2.24, 2.45) is 0 Å². The number of piperazine rings is 1. The summed E-state index contributed by atoms with van der Waals surface area (Å²) in [5, 5.41) is 6.03. The number of nitrogens with one attached hydrogen (secondary N) is 2. The van der Waals surface area contributed by atoms with Crippen LogP contribution in [0.5, 0.6) is 0 Å². The molecular weight excluding hydrogens is 377 g/mol. The normalized spacial score (nSPS) is 14.1. The van der Waals surface area contributed by atoms with Crippen molar-refractivity contribution in [3.05, 3.63) is 53.3 Å². The zero-order valence-electron chi connectivity index (χ0n) is 13.8. The van der Waals surface area contributed by atoms with Gasteiger partial charge in [-0.2, -0.15) is 0 Å². The van der Waals surface area contributed by atoms with Crippen LogP contribution < -0.4 is 15.5 Å². The van der Waals surface area contributed by atoms with E-state index in [1.807, 2.05) is 4.90 Å². The van der Waals surface area contributed by atoms with Crippen LogP contribution in [-0.2, 0) is 9.59 Å². The third-order valence-electron chi connectivity index (χ3n) is 3.79. The van der Waals surface area contributed by atoms with Crippen LogP contribution in [0.25, 0.3) is 0 Å². The van der Waals surface area contributed by atoms with Gasteiger partial charge < -0.3 is 15.5 Å². The molecule has 2 amide bonds. The Labute approximate surface area is 159 Å². The number of rotatable bonds is 5. The molecule has 0 aromatic heterocycles. The number of nitrogens with zero attached hydrogens (tertiary/aromatic N) is 1. The third kappa shape index (κ3) is 4.89. The van der Waals surface area contributed by atoms with Crippen LogP contribution in [0, 0.1) is 5.82 Å². The molecule has 0 spiro atoms. The lowest BCUT2D eigenvalue weighted by Gasteiger charge is -2.29. The van der Waals surface area contributed by atoms with Gasteiger partial charge >= 0.3 is 0 Å². The van der Waals surface area contributed by atoms with E-state index in [1.165, 1.54) is 23.9 Å². The van der Waals surface area contributed by atoms with E-state index in [2.05, 4.69) is 10.6 Å². The molecule has 0 bridgehead atoms. The fourth-order valence-corrected chi connectivity index (χ4v) is 3.56. The topological polar surface area (TPSA) is 61.4 Å². The van der Waals surface area contributed by atoms with E-state index in [4.69, 9.17) is 11.6 Å². The van der Waals surface area contributed by atoms with Gasteiger partial charge in [0.15, 0.2) is 0 Å². The number of hydrogen-bond acceptors (Lipinski definition) is 4. The van der Waals surface area contributed by atoms with Crippen LogP contribution in [0.3, 0.4) is 0 Å². The van der Waals surface area contributed by atoms with Crippen molar-refractivity contribution in [1.29, 1.82) is 0 Å². The predicted molar refractivity (Wildman–Crippen MR) is 102 cm³/mol. The fraction of sp³-hybridized carbons (Fsp3) is 0.222. The number of anilines is 2. The predicted octanol–water partition coefficient (Wildman–Crippen LogP) is 3.15. The highest BCUT2D eigenvalue weighted by atomic mass is 35.5. The summed E-state index contributed by atoms with van der Waals surface area (Å²) >= 11 is 7.64. The van der Waals surface area contributed by atoms with Gasteiger partial charge in [0.1, 0.15) is 5.82 Å². The van der Waals surface area contributed by atoms with E-state index < -0.39 is 0 Å². The molecule has 0 unspecified atom stereocenters. The average Bonchev–Trinajstić information content (AvgIpc) is 2.61. The molecule has 0 saturated carbocycles. The minimum absolute atomic E-state index is 0.0393. The van der Waals surface area contributed by atoms with Gasteiger partial charge in [0.2, 0.25) is 11.8 Å². The Morgan fingerprint density at radius 2 is 2.04 bits per heavy atom. The van der Waals surface area contributed by atoms with E-state index in [0.717, 1.165) is 10.6 Å². The molecule has 8 heteroatoms. The Kier molecular flexibility index (Phi) is 6.00. The second-order valence-electron chi connectivity index (χ2n) is 5.73. The summed E-state index contributed by atoms with van der Waals surface area (Å²) in [6.45, 7) is 1.53. The smallest absolute Gasteiger partial charge is 0.239 e. The van der Waals surface area contributed by atoms with Crippen LogP contribution >= 0.6 is 23.4 Å². The first kappa shape index (κ1) is 18.5. The Hall–Kier alpha value is -2.25. The molecule has 0 aliphatic carbocycles. The monoisotopic (exact) mass is 393 g/mol. The first-order valence-electron chi connectivity index (χ1n) is 8.01. The maximum atomic E-state index is 12.9. The molecule has 1 fully saturated rings. The van der Waals surface area contributed by atoms with Crippen molar-refractivity contribution in [3.63, 3.8) is 0 Å². The number of thioether (sulfide) groups is 1. The largest absolute Gasteiger partial charge is 0.359 e. The molecule has 2 aromatic carbocycles. The quantitative estimate of drug-likeness (QED) is 0.766. The van der Waals surface area contributed by atoms with Crippen molar-refractivity contribution in [2.75, 3.05) is 35.6 Å². The molecule has 0 atom stereocenters. The maximum absolute atomic E-state index is 12.9. The van der Waals surface area contributed by atoms with Crippen molar-refractivity contribution in [2.45, 2.75) is 4.90 Å². The number of amides is 2. The molecule has 136 valence electrons. The van der Waals surface area contributed by atoms with E-state index in [9.17, 15) is 14.0 Å². The van der Waals surface area contributed by atoms with Gasteiger partial charge in [0, 0.05) is 23.7 Å². The van der Waals surface area contributed by atoms with Crippen LogP contribution in [0.4, 0.5) is 15.8 Å². The second kappa shape index (κ2) is 8.42. The molecule has 1 saturated heterocycles. The number of benzene rings is 2. The summed E-state index contributed by atoms with van der Waals surface area (Å²) in [6.07, 6.45) is 0. The highest BCUT2D eigenvalue weighted by Gasteiger charge is 2.18.